The minimum Gasteiger partial charge on any atom is -0.595 e. The number of nitrogens with one attached hydrogen (secondary N) is 2. The highest BCUT2D eigenvalue weighted by Crippen LogP contribution is 2.47. The fourth-order valence-corrected chi connectivity index (χ4v) is 7.57. The summed E-state index contributed by atoms with van der Waals surface area (Å²) >= 11 is 1.63. The zero-order chi connectivity index (χ0) is 26.6. The maximum absolute atomic E-state index is 13.7. The summed E-state index contributed by atoms with van der Waals surface area (Å²) in [5, 5.41) is 26.6. The van der Waals surface area contributed by atoms with Crippen LogP contribution >= 0.6 is 11.3 Å². The molecular formula is C28H33N5O4S. The number of thiazole rings is 1. The number of carbonyl (C=O) groups excluding carboxylic acids is 1. The van der Waals surface area contributed by atoms with Crippen molar-refractivity contribution >= 4 is 28.6 Å². The molecule has 0 spiro atoms. The van der Waals surface area contributed by atoms with E-state index in [0.717, 1.165) is 34.1 Å². The molecule has 10 heteroatoms. The zero-order valence-corrected chi connectivity index (χ0v) is 22.4. The first-order valence-electron chi connectivity index (χ1n) is 13.3. The summed E-state index contributed by atoms with van der Waals surface area (Å²) in [6, 6.07) is 10.7. The van der Waals surface area contributed by atoms with Crippen molar-refractivity contribution in [3.8, 4) is 0 Å². The molecule has 9 nitrogen and oxygen atoms in total. The third-order valence-corrected chi connectivity index (χ3v) is 9.32. The summed E-state index contributed by atoms with van der Waals surface area (Å²) in [6.07, 6.45) is 2.10. The molecule has 2 aromatic heterocycles. The van der Waals surface area contributed by atoms with Crippen molar-refractivity contribution in [2.45, 2.75) is 57.5 Å². The lowest BCUT2D eigenvalue weighted by Gasteiger charge is -2.54. The number of quaternary nitrogens is 1. The van der Waals surface area contributed by atoms with Gasteiger partial charge >= 0.3 is 0 Å². The maximum atomic E-state index is 13.7. The van der Waals surface area contributed by atoms with Crippen LogP contribution < -0.4 is 21.0 Å². The number of nitrogens with zero attached hydrogens (tertiary/aromatic N) is 3. The number of hydrogen-bond donors (Lipinski definition) is 3. The zero-order valence-electron chi connectivity index (χ0n) is 21.6. The molecule has 3 N–H and O–H groups in total. The largest absolute Gasteiger partial charge is 0.595 e. The summed E-state index contributed by atoms with van der Waals surface area (Å²) in [4.78, 5) is 33.4. The monoisotopic (exact) mass is 535 g/mol. The van der Waals surface area contributed by atoms with Crippen LogP contribution in [0.4, 0.5) is 11.4 Å². The molecule has 2 bridgehead atoms. The first-order valence-corrected chi connectivity index (χ1v) is 14.2. The van der Waals surface area contributed by atoms with E-state index in [1.807, 2.05) is 22.8 Å². The third-order valence-electron chi connectivity index (χ3n) is 8.39. The Morgan fingerprint density at radius 3 is 2.89 bits per heavy atom. The van der Waals surface area contributed by atoms with Gasteiger partial charge in [0.05, 0.1) is 16.6 Å². The molecule has 1 saturated heterocycles. The van der Waals surface area contributed by atoms with Gasteiger partial charge in [0.2, 0.25) is 5.91 Å². The molecule has 0 radical (unpaired) electrons. The Bertz CT molecular complexity index is 1420. The minimum atomic E-state index is -0.969. The van der Waals surface area contributed by atoms with Crippen LogP contribution in [0.3, 0.4) is 0 Å². The van der Waals surface area contributed by atoms with Gasteiger partial charge < -0.3 is 20.0 Å². The predicted molar refractivity (Wildman–Crippen MR) is 145 cm³/mol. The van der Waals surface area contributed by atoms with Crippen molar-refractivity contribution in [1.82, 2.24) is 14.9 Å². The number of pyridine rings is 1. The van der Waals surface area contributed by atoms with E-state index >= 15 is 0 Å². The van der Waals surface area contributed by atoms with Crippen molar-refractivity contribution in [3.63, 3.8) is 0 Å². The van der Waals surface area contributed by atoms with E-state index in [9.17, 15) is 20.0 Å². The van der Waals surface area contributed by atoms with E-state index in [-0.39, 0.29) is 40.9 Å². The lowest BCUT2D eigenvalue weighted by molar-refractivity contribution is -0.991. The maximum Gasteiger partial charge on any atom is 0.250 e. The van der Waals surface area contributed by atoms with Crippen LogP contribution in [0.25, 0.3) is 0 Å². The molecule has 5 heterocycles. The number of benzene rings is 1. The molecule has 1 aromatic carbocycles. The smallest absolute Gasteiger partial charge is 0.250 e. The van der Waals surface area contributed by atoms with E-state index in [4.69, 9.17) is 0 Å². The standard InChI is InChI=1S/C28H33N5O4S/c1-16(2)22-15-38-25(30-22)8-9-29-28(35)21-12-17-11-20(33(36)37)6-7-24(17)32-13-18-10-19(27(21)32)14-31-23(18)4-3-5-26(31)34/h3-7,11,15-16,18-19,21,27,33,36H,8-10,12-14H2,1-2H3,(H,29,35). The van der Waals surface area contributed by atoms with Gasteiger partial charge in [0.15, 0.2) is 5.69 Å². The number of anilines is 1. The highest BCUT2D eigenvalue weighted by molar-refractivity contribution is 7.09. The van der Waals surface area contributed by atoms with Gasteiger partial charge in [-0.2, -0.15) is 5.23 Å². The summed E-state index contributed by atoms with van der Waals surface area (Å²) < 4.78 is 1.89. The molecular weight excluding hydrogens is 502 g/mol. The molecule has 0 saturated carbocycles. The van der Waals surface area contributed by atoms with Crippen LogP contribution in [0, 0.1) is 17.0 Å². The normalized spacial score (nSPS) is 24.4. The number of rotatable bonds is 6. The highest BCUT2D eigenvalue weighted by Gasteiger charge is 2.49. The Labute approximate surface area is 225 Å². The first kappa shape index (κ1) is 25.2. The third kappa shape index (κ3) is 4.45. The molecule has 0 aliphatic carbocycles. The van der Waals surface area contributed by atoms with Crippen molar-refractivity contribution < 1.29 is 15.2 Å². The van der Waals surface area contributed by atoms with Gasteiger partial charge in [-0.15, -0.1) is 11.3 Å². The van der Waals surface area contributed by atoms with Crippen LogP contribution in [-0.2, 0) is 24.2 Å². The van der Waals surface area contributed by atoms with E-state index in [2.05, 4.69) is 34.4 Å². The second-order valence-electron chi connectivity index (χ2n) is 11.1. The summed E-state index contributed by atoms with van der Waals surface area (Å²) in [5.74, 6) is 0.365. The van der Waals surface area contributed by atoms with Crippen LogP contribution in [0.15, 0.2) is 46.6 Å². The Balaban J connectivity index is 1.29. The lowest BCUT2D eigenvalue weighted by Crippen LogP contribution is -2.99. The Morgan fingerprint density at radius 1 is 1.29 bits per heavy atom. The van der Waals surface area contributed by atoms with Gasteiger partial charge in [-0.3, -0.25) is 9.59 Å². The Morgan fingerprint density at radius 2 is 2.13 bits per heavy atom. The van der Waals surface area contributed by atoms with Crippen molar-refractivity contribution in [2.24, 2.45) is 11.8 Å². The number of fused-ring (bicyclic) bond motifs is 8. The van der Waals surface area contributed by atoms with Gasteiger partial charge in [-0.05, 0) is 42.4 Å². The fourth-order valence-electron chi connectivity index (χ4n) is 6.61. The molecule has 5 atom stereocenters. The van der Waals surface area contributed by atoms with Crippen LogP contribution in [0.1, 0.15) is 54.1 Å². The van der Waals surface area contributed by atoms with Crippen LogP contribution in [-0.4, -0.2) is 39.8 Å². The SMILES string of the molecule is CC(C)c1csc(CCNC(=O)C2Cc3cc([NH+]([O-])O)ccc3N3CC4CC(Cn5c4cccc5=O)C23)n1. The molecule has 3 aliphatic heterocycles. The van der Waals surface area contributed by atoms with E-state index in [1.165, 1.54) is 0 Å². The first-order chi connectivity index (χ1) is 18.3. The molecule has 38 heavy (non-hydrogen) atoms. The summed E-state index contributed by atoms with van der Waals surface area (Å²) in [7, 11) is 0. The molecule has 1 amide bonds. The van der Waals surface area contributed by atoms with E-state index in [0.29, 0.717) is 38.4 Å². The Hall–Kier alpha value is -3.05. The van der Waals surface area contributed by atoms with Gasteiger partial charge in [-0.25, -0.2) is 10.2 Å². The quantitative estimate of drug-likeness (QED) is 0.418. The van der Waals surface area contributed by atoms with E-state index < -0.39 is 5.23 Å². The Kier molecular flexibility index (Phi) is 6.59. The average Bonchev–Trinajstić information content (AvgIpc) is 3.38. The number of aromatic nitrogens is 2. The van der Waals surface area contributed by atoms with Crippen LogP contribution in [0.2, 0.25) is 0 Å². The molecule has 6 rings (SSSR count). The van der Waals surface area contributed by atoms with Crippen molar-refractivity contribution in [3.05, 3.63) is 79.3 Å². The molecule has 200 valence electrons. The fraction of sp³-hybridized carbons (Fsp3) is 0.464. The molecule has 1 fully saturated rings. The van der Waals surface area contributed by atoms with E-state index in [1.54, 1.807) is 29.5 Å². The van der Waals surface area contributed by atoms with Gasteiger partial charge in [0, 0.05) is 73.0 Å². The lowest BCUT2D eigenvalue weighted by atomic mass is 9.70. The molecule has 3 aliphatic rings. The number of hydrogen-bond acceptors (Lipinski definition) is 7. The molecule has 3 aromatic rings. The summed E-state index contributed by atoms with van der Waals surface area (Å²) in [5.41, 5.74) is 4.28. The van der Waals surface area contributed by atoms with Gasteiger partial charge in [-0.1, -0.05) is 19.9 Å². The highest BCUT2D eigenvalue weighted by atomic mass is 32.1. The number of piperidine rings is 1. The number of carbonyl (C=O) groups is 1. The van der Waals surface area contributed by atoms with Gasteiger partial charge in [0.25, 0.3) is 5.56 Å². The second-order valence-corrected chi connectivity index (χ2v) is 12.0. The number of amides is 1. The van der Waals surface area contributed by atoms with Crippen molar-refractivity contribution in [2.75, 3.05) is 18.0 Å². The second kappa shape index (κ2) is 9.92. The van der Waals surface area contributed by atoms with Gasteiger partial charge in [0.1, 0.15) is 0 Å². The predicted octanol–water partition coefficient (Wildman–Crippen LogP) is 2.36. The minimum absolute atomic E-state index is 0.0122. The topological polar surface area (TPSA) is 115 Å². The van der Waals surface area contributed by atoms with Crippen molar-refractivity contribution in [1.29, 1.82) is 0 Å². The average molecular weight is 536 g/mol. The summed E-state index contributed by atoms with van der Waals surface area (Å²) in [6.45, 7) is 6.04. The molecule has 5 unspecified atom stereocenters. The van der Waals surface area contributed by atoms with Crippen LogP contribution in [0.5, 0.6) is 0 Å².